The highest BCUT2D eigenvalue weighted by atomic mass is 127. The fourth-order valence-electron chi connectivity index (χ4n) is 4.07. The first-order valence-electron chi connectivity index (χ1n) is 10.1. The van der Waals surface area contributed by atoms with Gasteiger partial charge in [-0.15, -0.1) is 24.0 Å². The van der Waals surface area contributed by atoms with Gasteiger partial charge in [0.25, 0.3) is 0 Å². The van der Waals surface area contributed by atoms with Crippen LogP contribution in [0.4, 0.5) is 5.69 Å². The number of anilines is 1. The van der Waals surface area contributed by atoms with E-state index < -0.39 is 0 Å². The van der Waals surface area contributed by atoms with Crippen molar-refractivity contribution in [1.29, 1.82) is 0 Å². The molecule has 2 aliphatic heterocycles. The maximum absolute atomic E-state index is 5.47. The van der Waals surface area contributed by atoms with E-state index in [0.29, 0.717) is 6.04 Å². The van der Waals surface area contributed by atoms with E-state index in [4.69, 9.17) is 4.74 Å². The standard InChI is InChI=1S/C21H35N5O.HI/c1-17-15-18-7-5-6-8-19(18)26(17)10-9-23-20(22-4)24-16-21(2,3)25-11-13-27-14-12-25;/h5-8,17H,9-16H2,1-4H3,(H2,22,23,24);1H. The van der Waals surface area contributed by atoms with Crippen molar-refractivity contribution in [1.82, 2.24) is 15.5 Å². The minimum Gasteiger partial charge on any atom is -0.379 e. The number of nitrogens with zero attached hydrogens (tertiary/aromatic N) is 3. The molecular formula is C21H36IN5O. The number of morpholine rings is 1. The van der Waals surface area contributed by atoms with E-state index in [9.17, 15) is 0 Å². The molecule has 0 bridgehead atoms. The minimum atomic E-state index is 0. The molecule has 3 rings (SSSR count). The van der Waals surface area contributed by atoms with Gasteiger partial charge >= 0.3 is 0 Å². The monoisotopic (exact) mass is 501 g/mol. The van der Waals surface area contributed by atoms with E-state index in [-0.39, 0.29) is 29.5 Å². The molecular weight excluding hydrogens is 465 g/mol. The van der Waals surface area contributed by atoms with Crippen LogP contribution in [-0.2, 0) is 11.2 Å². The Labute approximate surface area is 187 Å². The lowest BCUT2D eigenvalue weighted by molar-refractivity contribution is -0.00833. The summed E-state index contributed by atoms with van der Waals surface area (Å²) in [4.78, 5) is 9.38. The van der Waals surface area contributed by atoms with Gasteiger partial charge in [0.1, 0.15) is 0 Å². The Bertz CT molecular complexity index is 645. The molecule has 1 atom stereocenters. The number of aliphatic imine (C=N–C) groups is 1. The fraction of sp³-hybridized carbons (Fsp3) is 0.667. The normalized spacial score (nSPS) is 20.5. The zero-order valence-electron chi connectivity index (χ0n) is 17.7. The highest BCUT2D eigenvalue weighted by Gasteiger charge is 2.28. The molecule has 1 saturated heterocycles. The van der Waals surface area contributed by atoms with Gasteiger partial charge in [0.2, 0.25) is 0 Å². The topological polar surface area (TPSA) is 52.1 Å². The molecule has 158 valence electrons. The number of benzene rings is 1. The molecule has 0 aliphatic carbocycles. The van der Waals surface area contributed by atoms with E-state index in [1.165, 1.54) is 11.3 Å². The first-order valence-corrected chi connectivity index (χ1v) is 10.1. The van der Waals surface area contributed by atoms with Crippen LogP contribution in [0.25, 0.3) is 0 Å². The van der Waals surface area contributed by atoms with E-state index in [1.807, 2.05) is 7.05 Å². The highest BCUT2D eigenvalue weighted by Crippen LogP contribution is 2.31. The molecule has 0 saturated carbocycles. The number of rotatable bonds is 6. The number of guanidine groups is 1. The molecule has 2 N–H and O–H groups in total. The second kappa shape index (κ2) is 10.6. The van der Waals surface area contributed by atoms with Crippen molar-refractivity contribution in [3.05, 3.63) is 29.8 Å². The average molecular weight is 501 g/mol. The number of hydrogen-bond acceptors (Lipinski definition) is 4. The fourth-order valence-corrected chi connectivity index (χ4v) is 4.07. The Morgan fingerprint density at radius 3 is 2.64 bits per heavy atom. The SMILES string of the molecule is CN=C(NCCN1c2ccccc2CC1C)NCC(C)(C)N1CCOCC1.I. The summed E-state index contributed by atoms with van der Waals surface area (Å²) in [6.45, 7) is 13.2. The Morgan fingerprint density at radius 1 is 1.21 bits per heavy atom. The van der Waals surface area contributed by atoms with Gasteiger partial charge in [0.15, 0.2) is 5.96 Å². The summed E-state index contributed by atoms with van der Waals surface area (Å²) in [5.74, 6) is 0.872. The third-order valence-corrected chi connectivity index (χ3v) is 5.77. The Kier molecular flexibility index (Phi) is 8.82. The molecule has 28 heavy (non-hydrogen) atoms. The minimum absolute atomic E-state index is 0. The Morgan fingerprint density at radius 2 is 1.93 bits per heavy atom. The molecule has 0 amide bonds. The molecule has 1 aromatic rings. The average Bonchev–Trinajstić information content (AvgIpc) is 3.00. The van der Waals surface area contributed by atoms with Crippen molar-refractivity contribution in [2.45, 2.75) is 38.8 Å². The zero-order valence-corrected chi connectivity index (χ0v) is 20.0. The van der Waals surface area contributed by atoms with Gasteiger partial charge in [0, 0.05) is 57.0 Å². The summed E-state index contributed by atoms with van der Waals surface area (Å²) in [6.07, 6.45) is 1.14. The number of hydrogen-bond donors (Lipinski definition) is 2. The Balaban J connectivity index is 0.00000280. The van der Waals surface area contributed by atoms with E-state index in [1.54, 1.807) is 0 Å². The molecule has 1 unspecified atom stereocenters. The smallest absolute Gasteiger partial charge is 0.191 e. The van der Waals surface area contributed by atoms with Crippen LogP contribution >= 0.6 is 24.0 Å². The quantitative estimate of drug-likeness (QED) is 0.356. The van der Waals surface area contributed by atoms with Gasteiger partial charge < -0.3 is 20.3 Å². The molecule has 0 aromatic heterocycles. The number of halogens is 1. The van der Waals surface area contributed by atoms with Crippen molar-refractivity contribution in [3.63, 3.8) is 0 Å². The summed E-state index contributed by atoms with van der Waals surface area (Å²) >= 11 is 0. The van der Waals surface area contributed by atoms with Crippen LogP contribution < -0.4 is 15.5 Å². The maximum atomic E-state index is 5.47. The largest absolute Gasteiger partial charge is 0.379 e. The third-order valence-electron chi connectivity index (χ3n) is 5.77. The van der Waals surface area contributed by atoms with Crippen molar-refractivity contribution >= 4 is 35.6 Å². The van der Waals surface area contributed by atoms with Crippen LogP contribution in [0.15, 0.2) is 29.3 Å². The van der Waals surface area contributed by atoms with Gasteiger partial charge in [-0.1, -0.05) is 18.2 Å². The van der Waals surface area contributed by atoms with Crippen molar-refractivity contribution < 1.29 is 4.74 Å². The lowest BCUT2D eigenvalue weighted by Crippen LogP contribution is -2.56. The summed E-state index contributed by atoms with van der Waals surface area (Å²) in [5.41, 5.74) is 2.91. The van der Waals surface area contributed by atoms with Crippen molar-refractivity contribution in [2.24, 2.45) is 4.99 Å². The summed E-state index contributed by atoms with van der Waals surface area (Å²) in [5, 5.41) is 6.98. The van der Waals surface area contributed by atoms with Gasteiger partial charge in [-0.05, 0) is 38.8 Å². The van der Waals surface area contributed by atoms with E-state index in [2.05, 4.69) is 70.5 Å². The number of nitrogens with one attached hydrogen (secondary N) is 2. The molecule has 0 radical (unpaired) electrons. The molecule has 7 heteroatoms. The van der Waals surface area contributed by atoms with Gasteiger partial charge in [0.05, 0.1) is 13.2 Å². The third kappa shape index (κ3) is 5.73. The second-order valence-electron chi connectivity index (χ2n) is 8.14. The lowest BCUT2D eigenvalue weighted by Gasteiger charge is -2.41. The summed E-state index contributed by atoms with van der Waals surface area (Å²) in [6, 6.07) is 9.30. The van der Waals surface area contributed by atoms with Gasteiger partial charge in [-0.2, -0.15) is 0 Å². The second-order valence-corrected chi connectivity index (χ2v) is 8.14. The van der Waals surface area contributed by atoms with E-state index in [0.717, 1.165) is 58.3 Å². The lowest BCUT2D eigenvalue weighted by atomic mass is 10.0. The summed E-state index contributed by atoms with van der Waals surface area (Å²) < 4.78 is 5.47. The van der Waals surface area contributed by atoms with Gasteiger partial charge in [-0.25, -0.2) is 0 Å². The number of fused-ring (bicyclic) bond motifs is 1. The molecule has 1 fully saturated rings. The number of ether oxygens (including phenoxy) is 1. The van der Waals surface area contributed by atoms with Crippen LogP contribution in [0.5, 0.6) is 0 Å². The van der Waals surface area contributed by atoms with Crippen LogP contribution in [0.1, 0.15) is 26.3 Å². The molecule has 2 heterocycles. The van der Waals surface area contributed by atoms with Crippen LogP contribution in [0.3, 0.4) is 0 Å². The predicted molar refractivity (Wildman–Crippen MR) is 128 cm³/mol. The Hall–Kier alpha value is -1.06. The molecule has 0 spiro atoms. The van der Waals surface area contributed by atoms with E-state index >= 15 is 0 Å². The number of para-hydroxylation sites is 1. The van der Waals surface area contributed by atoms with Crippen LogP contribution in [-0.4, -0.2) is 75.4 Å². The first kappa shape index (κ1) is 23.2. The maximum Gasteiger partial charge on any atom is 0.191 e. The van der Waals surface area contributed by atoms with Gasteiger partial charge in [-0.3, -0.25) is 9.89 Å². The predicted octanol–water partition coefficient (Wildman–Crippen LogP) is 2.33. The first-order chi connectivity index (χ1) is 13.0. The zero-order chi connectivity index (χ0) is 19.3. The van der Waals surface area contributed by atoms with Crippen molar-refractivity contribution in [3.8, 4) is 0 Å². The summed E-state index contributed by atoms with van der Waals surface area (Å²) in [7, 11) is 1.84. The molecule has 2 aliphatic rings. The van der Waals surface area contributed by atoms with Crippen LogP contribution in [0, 0.1) is 0 Å². The van der Waals surface area contributed by atoms with Crippen molar-refractivity contribution in [2.75, 3.05) is 57.9 Å². The highest BCUT2D eigenvalue weighted by molar-refractivity contribution is 14.0. The van der Waals surface area contributed by atoms with Crippen LogP contribution in [0.2, 0.25) is 0 Å². The molecule has 1 aromatic carbocycles. The molecule has 6 nitrogen and oxygen atoms in total.